The first kappa shape index (κ1) is 16.9. The summed E-state index contributed by atoms with van der Waals surface area (Å²) in [5, 5.41) is 11.5. The van der Waals surface area contributed by atoms with E-state index in [1.54, 1.807) is 12.1 Å². The molecular formula is C15H22N4O4. The number of amides is 2. The quantitative estimate of drug-likeness (QED) is 0.440. The van der Waals surface area contributed by atoms with Gasteiger partial charge in [0.05, 0.1) is 17.7 Å². The van der Waals surface area contributed by atoms with E-state index >= 15 is 0 Å². The van der Waals surface area contributed by atoms with Gasteiger partial charge in [-0.25, -0.2) is 4.79 Å². The Morgan fingerprint density at radius 2 is 1.96 bits per heavy atom. The minimum atomic E-state index is -0.866. The molecule has 2 amide bonds. The van der Waals surface area contributed by atoms with Crippen LogP contribution in [-0.2, 0) is 4.79 Å². The van der Waals surface area contributed by atoms with Crippen molar-refractivity contribution in [2.75, 3.05) is 18.6 Å². The highest BCUT2D eigenvalue weighted by molar-refractivity contribution is 5.80. The number of carbonyl (C=O) groups excluding carboxylic acids is 1. The van der Waals surface area contributed by atoms with Gasteiger partial charge in [-0.05, 0) is 43.5 Å². The van der Waals surface area contributed by atoms with Gasteiger partial charge in [0, 0.05) is 6.54 Å². The first-order chi connectivity index (χ1) is 11.1. The van der Waals surface area contributed by atoms with Gasteiger partial charge in [-0.15, -0.1) is 5.53 Å². The lowest BCUT2D eigenvalue weighted by Gasteiger charge is -2.13. The van der Waals surface area contributed by atoms with Crippen molar-refractivity contribution in [3.63, 3.8) is 0 Å². The third kappa shape index (κ3) is 5.03. The van der Waals surface area contributed by atoms with Gasteiger partial charge in [0.25, 0.3) is 0 Å². The maximum absolute atomic E-state index is 11.6. The van der Waals surface area contributed by atoms with E-state index in [2.05, 4.69) is 21.7 Å². The van der Waals surface area contributed by atoms with Crippen molar-refractivity contribution in [3.05, 3.63) is 24.3 Å². The van der Waals surface area contributed by atoms with E-state index in [-0.39, 0.29) is 6.54 Å². The van der Waals surface area contributed by atoms with Gasteiger partial charge < -0.3 is 20.6 Å². The van der Waals surface area contributed by atoms with Gasteiger partial charge in [-0.2, -0.15) is 0 Å². The second kappa shape index (κ2) is 7.68. The summed E-state index contributed by atoms with van der Waals surface area (Å²) in [5.41, 5.74) is 7.70. The molecule has 1 aromatic carbocycles. The molecule has 1 aliphatic carbocycles. The minimum Gasteiger partial charge on any atom is -0.494 e. The molecule has 0 radical (unpaired) electrons. The molecule has 0 bridgehead atoms. The first-order valence-corrected chi connectivity index (χ1v) is 7.57. The number of rotatable bonds is 9. The summed E-state index contributed by atoms with van der Waals surface area (Å²) in [6.07, 6.45) is 2.14. The lowest BCUT2D eigenvalue weighted by atomic mass is 10.1. The molecule has 8 nitrogen and oxygen atoms in total. The fourth-order valence-corrected chi connectivity index (χ4v) is 1.93. The molecule has 0 atom stereocenters. The third-order valence-electron chi connectivity index (χ3n) is 3.60. The Balaban J connectivity index is 1.64. The maximum atomic E-state index is 11.6. The number of hydrogen-bond donors (Lipinski definition) is 5. The Kier molecular flexibility index (Phi) is 5.64. The normalized spacial score (nSPS) is 14.7. The van der Waals surface area contributed by atoms with E-state index in [9.17, 15) is 9.59 Å². The number of ether oxygens (including phenoxy) is 1. The first-order valence-electron chi connectivity index (χ1n) is 7.57. The number of anilines is 1. The van der Waals surface area contributed by atoms with Crippen molar-refractivity contribution in [2.45, 2.75) is 26.2 Å². The van der Waals surface area contributed by atoms with Crippen molar-refractivity contribution in [2.24, 2.45) is 5.41 Å². The summed E-state index contributed by atoms with van der Waals surface area (Å²) in [7, 11) is 0. The molecule has 1 fully saturated rings. The molecule has 8 heteroatoms. The summed E-state index contributed by atoms with van der Waals surface area (Å²) in [6, 6.07) is 6.77. The zero-order valence-corrected chi connectivity index (χ0v) is 13.0. The van der Waals surface area contributed by atoms with Crippen LogP contribution in [0.25, 0.3) is 0 Å². The van der Waals surface area contributed by atoms with Crippen LogP contribution in [0.15, 0.2) is 24.3 Å². The van der Waals surface area contributed by atoms with Crippen LogP contribution >= 0.6 is 0 Å². The number of benzene rings is 1. The van der Waals surface area contributed by atoms with Crippen LogP contribution in [0.5, 0.6) is 5.75 Å². The number of carboxylic acids is 1. The van der Waals surface area contributed by atoms with Gasteiger partial charge in [0.1, 0.15) is 5.75 Å². The highest BCUT2D eigenvalue weighted by atomic mass is 16.5. The molecule has 2 rings (SSSR count). The highest BCUT2D eigenvalue weighted by Gasteiger charge is 2.50. The summed E-state index contributed by atoms with van der Waals surface area (Å²) in [5.74, 6) is -0.0826. The fourth-order valence-electron chi connectivity index (χ4n) is 1.93. The van der Waals surface area contributed by atoms with Gasteiger partial charge in [-0.3, -0.25) is 10.2 Å². The van der Waals surface area contributed by atoms with Crippen LogP contribution in [0.4, 0.5) is 10.5 Å². The number of nitrogens with one attached hydrogen (secondary N) is 4. The Labute approximate surface area is 134 Å². The smallest absolute Gasteiger partial charge is 0.330 e. The molecule has 0 heterocycles. The highest BCUT2D eigenvalue weighted by Crippen LogP contribution is 2.45. The molecule has 126 valence electrons. The van der Waals surface area contributed by atoms with Crippen molar-refractivity contribution >= 4 is 17.7 Å². The third-order valence-corrected chi connectivity index (χ3v) is 3.60. The Bertz CT molecular complexity index is 543. The zero-order chi connectivity index (χ0) is 16.7. The van der Waals surface area contributed by atoms with E-state index in [0.717, 1.165) is 17.9 Å². The number of carboxylic acid groups (broad SMARTS) is 1. The van der Waals surface area contributed by atoms with E-state index in [0.29, 0.717) is 19.4 Å². The summed E-state index contributed by atoms with van der Waals surface area (Å²) in [4.78, 5) is 22.5. The molecule has 1 saturated carbocycles. The number of hydrazine groups is 2. The minimum absolute atomic E-state index is 0.124. The number of carbonyl (C=O) groups is 2. The Morgan fingerprint density at radius 3 is 2.52 bits per heavy atom. The molecule has 0 aromatic heterocycles. The van der Waals surface area contributed by atoms with E-state index in [1.807, 2.05) is 19.1 Å². The second-order valence-corrected chi connectivity index (χ2v) is 5.52. The Morgan fingerprint density at radius 1 is 1.26 bits per heavy atom. The Hall–Kier alpha value is -2.48. The molecule has 0 unspecified atom stereocenters. The van der Waals surface area contributed by atoms with Crippen LogP contribution in [0.2, 0.25) is 0 Å². The lowest BCUT2D eigenvalue weighted by Crippen LogP contribution is -2.48. The zero-order valence-electron chi connectivity index (χ0n) is 13.0. The standard InChI is InChI=1S/C15H22N4O4/c1-2-9-23-12-5-3-11(4-6-12)17-19-18-14(22)16-10-15(7-8-15)13(20)21/h3-6,17,19H,2,7-10H2,1H3,(H,20,21)(H2,16,18,22). The topological polar surface area (TPSA) is 112 Å². The average molecular weight is 322 g/mol. The van der Waals surface area contributed by atoms with Crippen molar-refractivity contribution in [1.82, 2.24) is 16.3 Å². The molecule has 0 saturated heterocycles. The largest absolute Gasteiger partial charge is 0.494 e. The lowest BCUT2D eigenvalue weighted by molar-refractivity contribution is -0.143. The van der Waals surface area contributed by atoms with Crippen LogP contribution in [-0.4, -0.2) is 30.3 Å². The van der Waals surface area contributed by atoms with Gasteiger partial charge in [-0.1, -0.05) is 6.92 Å². The summed E-state index contributed by atoms with van der Waals surface area (Å²) >= 11 is 0. The molecule has 1 aliphatic rings. The van der Waals surface area contributed by atoms with E-state index in [4.69, 9.17) is 9.84 Å². The number of hydrogen-bond acceptors (Lipinski definition) is 5. The fraction of sp³-hybridized carbons (Fsp3) is 0.467. The summed E-state index contributed by atoms with van der Waals surface area (Å²) in [6.45, 7) is 2.84. The van der Waals surface area contributed by atoms with Gasteiger partial charge in [0.15, 0.2) is 0 Å². The predicted molar refractivity (Wildman–Crippen MR) is 84.8 cm³/mol. The van der Waals surface area contributed by atoms with Crippen molar-refractivity contribution in [1.29, 1.82) is 0 Å². The predicted octanol–water partition coefficient (Wildman–Crippen LogP) is 1.47. The molecule has 0 spiro atoms. The van der Waals surface area contributed by atoms with Crippen molar-refractivity contribution in [3.8, 4) is 5.75 Å². The SMILES string of the molecule is CCCOc1ccc(NNNC(=O)NCC2(C(=O)O)CC2)cc1. The van der Waals surface area contributed by atoms with Crippen LogP contribution in [0.3, 0.4) is 0 Å². The monoisotopic (exact) mass is 322 g/mol. The second-order valence-electron chi connectivity index (χ2n) is 5.52. The van der Waals surface area contributed by atoms with Gasteiger partial charge in [0.2, 0.25) is 0 Å². The molecular weight excluding hydrogens is 300 g/mol. The van der Waals surface area contributed by atoms with Crippen LogP contribution in [0, 0.1) is 5.41 Å². The average Bonchev–Trinajstić information content (AvgIpc) is 3.33. The van der Waals surface area contributed by atoms with E-state index < -0.39 is 17.4 Å². The van der Waals surface area contributed by atoms with Crippen LogP contribution in [0.1, 0.15) is 26.2 Å². The molecule has 5 N–H and O–H groups in total. The number of urea groups is 1. The summed E-state index contributed by atoms with van der Waals surface area (Å²) < 4.78 is 5.47. The molecule has 23 heavy (non-hydrogen) atoms. The van der Waals surface area contributed by atoms with Crippen molar-refractivity contribution < 1.29 is 19.4 Å². The van der Waals surface area contributed by atoms with Gasteiger partial charge >= 0.3 is 12.0 Å². The number of aliphatic carboxylic acids is 1. The van der Waals surface area contributed by atoms with Crippen LogP contribution < -0.4 is 26.4 Å². The molecule has 1 aromatic rings. The maximum Gasteiger partial charge on any atom is 0.330 e. The molecule has 0 aliphatic heterocycles. The van der Waals surface area contributed by atoms with E-state index in [1.165, 1.54) is 0 Å².